The second kappa shape index (κ2) is 10.6. The van der Waals surface area contributed by atoms with Gasteiger partial charge in [0, 0.05) is 13.1 Å². The van der Waals surface area contributed by atoms with Gasteiger partial charge in [0.2, 0.25) is 12.0 Å². The fourth-order valence-corrected chi connectivity index (χ4v) is 4.32. The maximum Gasteiger partial charge on any atom is 0.350 e. The van der Waals surface area contributed by atoms with Crippen molar-refractivity contribution in [3.8, 4) is 5.75 Å². The van der Waals surface area contributed by atoms with Crippen LogP contribution in [0.1, 0.15) is 11.1 Å². The zero-order chi connectivity index (χ0) is 22.3. The van der Waals surface area contributed by atoms with E-state index in [2.05, 4.69) is 10.6 Å². The Bertz CT molecular complexity index is 947. The molecule has 2 amide bonds. The Labute approximate surface area is 190 Å². The molecule has 3 atom stereocenters. The molecule has 2 aliphatic rings. The van der Waals surface area contributed by atoms with Gasteiger partial charge in [0.1, 0.15) is 18.5 Å². The van der Waals surface area contributed by atoms with Gasteiger partial charge in [-0.1, -0.05) is 54.2 Å². The lowest BCUT2D eigenvalue weighted by atomic mass is 10.1. The van der Waals surface area contributed by atoms with Crippen LogP contribution in [0.25, 0.3) is 0 Å². The van der Waals surface area contributed by atoms with Crippen LogP contribution in [0.5, 0.6) is 5.75 Å². The zero-order valence-electron chi connectivity index (χ0n) is 17.3. The Morgan fingerprint density at radius 1 is 1.09 bits per heavy atom. The fourth-order valence-electron chi connectivity index (χ4n) is 3.46. The van der Waals surface area contributed by atoms with Gasteiger partial charge in [-0.15, -0.1) is 0 Å². The lowest BCUT2D eigenvalue weighted by Crippen LogP contribution is -2.51. The molecule has 9 heteroatoms. The van der Waals surface area contributed by atoms with Crippen molar-refractivity contribution >= 4 is 28.9 Å². The molecule has 2 fully saturated rings. The molecule has 0 aliphatic carbocycles. The molecule has 8 nitrogen and oxygen atoms in total. The SMILES string of the molecule is O=C1NC(=O)C(Cc2ccc(OC(C(=O)OCc3ccccc3)[C@H]3CNCCO3)cc2)S1. The fraction of sp³-hybridized carbons (Fsp3) is 0.348. The van der Waals surface area contributed by atoms with Gasteiger partial charge < -0.3 is 19.5 Å². The molecule has 2 aliphatic heterocycles. The maximum absolute atomic E-state index is 12.9. The molecule has 4 rings (SSSR count). The summed E-state index contributed by atoms with van der Waals surface area (Å²) < 4.78 is 17.2. The minimum Gasteiger partial charge on any atom is -0.476 e. The van der Waals surface area contributed by atoms with E-state index in [-0.39, 0.29) is 17.8 Å². The van der Waals surface area contributed by atoms with Crippen molar-refractivity contribution in [2.45, 2.75) is 30.5 Å². The van der Waals surface area contributed by atoms with E-state index >= 15 is 0 Å². The Morgan fingerprint density at radius 3 is 2.53 bits per heavy atom. The van der Waals surface area contributed by atoms with Gasteiger partial charge in [-0.05, 0) is 29.7 Å². The van der Waals surface area contributed by atoms with Crippen LogP contribution >= 0.6 is 11.8 Å². The van der Waals surface area contributed by atoms with Crippen molar-refractivity contribution in [3.05, 3.63) is 65.7 Å². The molecule has 2 N–H and O–H groups in total. The quantitative estimate of drug-likeness (QED) is 0.582. The predicted molar refractivity (Wildman–Crippen MR) is 118 cm³/mol. The molecule has 0 radical (unpaired) electrons. The van der Waals surface area contributed by atoms with Crippen LogP contribution in [-0.2, 0) is 32.1 Å². The van der Waals surface area contributed by atoms with Crippen LogP contribution in [0.2, 0.25) is 0 Å². The van der Waals surface area contributed by atoms with Gasteiger partial charge in [0.05, 0.1) is 11.9 Å². The minimum absolute atomic E-state index is 0.151. The van der Waals surface area contributed by atoms with Crippen molar-refractivity contribution in [3.63, 3.8) is 0 Å². The normalized spacial score (nSPS) is 21.6. The molecule has 168 valence electrons. The number of ether oxygens (including phenoxy) is 3. The molecular formula is C23H24N2O6S. The second-order valence-corrected chi connectivity index (χ2v) is 8.65. The summed E-state index contributed by atoms with van der Waals surface area (Å²) in [5.74, 6) is -0.281. The molecule has 2 aromatic carbocycles. The van der Waals surface area contributed by atoms with Crippen LogP contribution < -0.4 is 15.4 Å². The molecule has 0 saturated carbocycles. The highest BCUT2D eigenvalue weighted by Gasteiger charge is 2.34. The summed E-state index contributed by atoms with van der Waals surface area (Å²) in [7, 11) is 0. The zero-order valence-corrected chi connectivity index (χ0v) is 18.1. The number of hydrogen-bond donors (Lipinski definition) is 2. The number of hydrogen-bond acceptors (Lipinski definition) is 8. The van der Waals surface area contributed by atoms with Gasteiger partial charge in [0.25, 0.3) is 5.24 Å². The molecule has 2 heterocycles. The molecule has 0 bridgehead atoms. The number of carbonyl (C=O) groups is 3. The average Bonchev–Trinajstić information content (AvgIpc) is 3.14. The number of nitrogens with one attached hydrogen (secondary N) is 2. The van der Waals surface area contributed by atoms with Crippen LogP contribution in [0.3, 0.4) is 0 Å². The lowest BCUT2D eigenvalue weighted by Gasteiger charge is -2.30. The Balaban J connectivity index is 1.40. The number of thioether (sulfide) groups is 1. The van der Waals surface area contributed by atoms with E-state index in [9.17, 15) is 14.4 Å². The molecular weight excluding hydrogens is 432 g/mol. The Morgan fingerprint density at radius 2 is 1.88 bits per heavy atom. The average molecular weight is 457 g/mol. The van der Waals surface area contributed by atoms with Gasteiger partial charge in [-0.3, -0.25) is 14.9 Å². The van der Waals surface area contributed by atoms with Crippen molar-refractivity contribution in [2.24, 2.45) is 0 Å². The maximum atomic E-state index is 12.9. The first-order valence-corrected chi connectivity index (χ1v) is 11.3. The lowest BCUT2D eigenvalue weighted by molar-refractivity contribution is -0.162. The van der Waals surface area contributed by atoms with E-state index in [1.165, 1.54) is 0 Å². The van der Waals surface area contributed by atoms with E-state index in [4.69, 9.17) is 14.2 Å². The van der Waals surface area contributed by atoms with Gasteiger partial charge in [0.15, 0.2) is 0 Å². The van der Waals surface area contributed by atoms with E-state index < -0.39 is 23.4 Å². The van der Waals surface area contributed by atoms with E-state index in [1.807, 2.05) is 42.5 Å². The first-order valence-electron chi connectivity index (χ1n) is 10.4. The molecule has 0 aromatic heterocycles. The van der Waals surface area contributed by atoms with Gasteiger partial charge in [-0.25, -0.2) is 4.79 Å². The summed E-state index contributed by atoms with van der Waals surface area (Å²) in [6.45, 7) is 1.82. The van der Waals surface area contributed by atoms with E-state index in [1.54, 1.807) is 12.1 Å². The highest BCUT2D eigenvalue weighted by molar-refractivity contribution is 8.15. The minimum atomic E-state index is -0.925. The van der Waals surface area contributed by atoms with Crippen molar-refractivity contribution < 1.29 is 28.6 Å². The summed E-state index contributed by atoms with van der Waals surface area (Å²) in [4.78, 5) is 36.0. The highest BCUT2D eigenvalue weighted by atomic mass is 32.2. The van der Waals surface area contributed by atoms with Crippen LogP contribution in [0.15, 0.2) is 54.6 Å². The smallest absolute Gasteiger partial charge is 0.350 e. The number of imide groups is 1. The van der Waals surface area contributed by atoms with E-state index in [0.717, 1.165) is 22.9 Å². The van der Waals surface area contributed by atoms with Crippen LogP contribution in [0.4, 0.5) is 4.79 Å². The summed E-state index contributed by atoms with van der Waals surface area (Å²) in [5, 5.41) is 4.74. The Hall–Kier alpha value is -2.88. The van der Waals surface area contributed by atoms with Crippen molar-refractivity contribution in [2.75, 3.05) is 19.7 Å². The first kappa shape index (κ1) is 22.3. The van der Waals surface area contributed by atoms with Gasteiger partial charge >= 0.3 is 5.97 Å². The predicted octanol–water partition coefficient (Wildman–Crippen LogP) is 2.06. The number of rotatable bonds is 8. The van der Waals surface area contributed by atoms with E-state index in [0.29, 0.717) is 31.9 Å². The molecule has 2 aromatic rings. The van der Waals surface area contributed by atoms with Crippen LogP contribution in [0, 0.1) is 0 Å². The van der Waals surface area contributed by atoms with Crippen LogP contribution in [-0.4, -0.2) is 54.3 Å². The standard InChI is InChI=1S/C23H24N2O6S/c26-21-19(32-23(28)25-21)12-15-6-8-17(9-7-15)31-20(18-13-24-10-11-29-18)22(27)30-14-16-4-2-1-3-5-16/h1-9,18-20,24H,10-14H2,(H,25,26,28)/t18-,19?,20?/m1/s1. The molecule has 2 unspecified atom stereocenters. The number of morpholine rings is 1. The third-order valence-electron chi connectivity index (χ3n) is 5.12. The van der Waals surface area contributed by atoms with Crippen molar-refractivity contribution in [1.29, 1.82) is 0 Å². The summed E-state index contributed by atoms with van der Waals surface area (Å²) in [5.41, 5.74) is 1.78. The summed E-state index contributed by atoms with van der Waals surface area (Å²) >= 11 is 0.994. The highest BCUT2D eigenvalue weighted by Crippen LogP contribution is 2.24. The number of amides is 2. The monoisotopic (exact) mass is 456 g/mol. The number of carbonyl (C=O) groups excluding carboxylic acids is 3. The third kappa shape index (κ3) is 5.87. The second-order valence-electron chi connectivity index (χ2n) is 7.48. The number of benzene rings is 2. The molecule has 0 spiro atoms. The summed E-state index contributed by atoms with van der Waals surface area (Å²) in [6.07, 6.45) is -0.969. The first-order chi connectivity index (χ1) is 15.6. The Kier molecular flexibility index (Phi) is 7.41. The molecule has 32 heavy (non-hydrogen) atoms. The number of esters is 1. The molecule has 2 saturated heterocycles. The summed E-state index contributed by atoms with van der Waals surface area (Å²) in [6, 6.07) is 16.6. The third-order valence-corrected chi connectivity index (χ3v) is 6.11. The van der Waals surface area contributed by atoms with Crippen molar-refractivity contribution in [1.82, 2.24) is 10.6 Å². The van der Waals surface area contributed by atoms with Gasteiger partial charge in [-0.2, -0.15) is 0 Å². The largest absolute Gasteiger partial charge is 0.476 e. The topological polar surface area (TPSA) is 103 Å².